The van der Waals surface area contributed by atoms with Crippen LogP contribution in [0.5, 0.6) is 0 Å². The van der Waals surface area contributed by atoms with Gasteiger partial charge in [-0.05, 0) is 61.4 Å². The van der Waals surface area contributed by atoms with Gasteiger partial charge >= 0.3 is 0 Å². The molecule has 2 aromatic carbocycles. The average molecular weight is 434 g/mol. The number of anilines is 1. The van der Waals surface area contributed by atoms with Gasteiger partial charge in [-0.25, -0.2) is 16.8 Å². The van der Waals surface area contributed by atoms with E-state index in [1.54, 1.807) is 6.07 Å². The van der Waals surface area contributed by atoms with Crippen LogP contribution >= 0.6 is 0 Å². The van der Waals surface area contributed by atoms with Crippen molar-refractivity contribution in [3.63, 3.8) is 0 Å². The molecule has 0 saturated carbocycles. The van der Waals surface area contributed by atoms with E-state index in [1.165, 1.54) is 23.3 Å². The molecule has 1 saturated heterocycles. The minimum absolute atomic E-state index is 0.0421. The first kappa shape index (κ1) is 20.4. The molecule has 1 fully saturated rings. The van der Waals surface area contributed by atoms with Gasteiger partial charge in [-0.2, -0.15) is 0 Å². The fourth-order valence-electron chi connectivity index (χ4n) is 4.96. The molecule has 0 radical (unpaired) electrons. The van der Waals surface area contributed by atoms with Gasteiger partial charge in [-0.3, -0.25) is 0 Å². The number of sulfone groups is 2. The number of hydrogen-bond donors (Lipinski definition) is 0. The second-order valence-corrected chi connectivity index (χ2v) is 12.3. The maximum Gasteiger partial charge on any atom is 0.177 e. The lowest BCUT2D eigenvalue weighted by molar-refractivity contribution is 0.460. The SMILES string of the molecule is CS(=O)(=O)c1ccc(N2CCC[C@H]2[C@@H]2CCCc3ccccc32)c(S(C)(=O)=O)c1. The summed E-state index contributed by atoms with van der Waals surface area (Å²) in [6, 6.07) is 13.3. The van der Waals surface area contributed by atoms with Gasteiger partial charge in [0, 0.05) is 31.0 Å². The molecule has 0 N–H and O–H groups in total. The zero-order valence-electron chi connectivity index (χ0n) is 16.8. The molecule has 0 unspecified atom stereocenters. The normalized spacial score (nSPS) is 22.5. The Bertz CT molecular complexity index is 1140. The Morgan fingerprint density at radius 1 is 0.897 bits per heavy atom. The molecular weight excluding hydrogens is 406 g/mol. The largest absolute Gasteiger partial charge is 0.367 e. The van der Waals surface area contributed by atoms with Crippen molar-refractivity contribution in [3.8, 4) is 0 Å². The summed E-state index contributed by atoms with van der Waals surface area (Å²) in [6.07, 6.45) is 7.59. The zero-order chi connectivity index (χ0) is 20.8. The predicted octanol–water partition coefficient (Wildman–Crippen LogP) is 3.58. The molecule has 5 nitrogen and oxygen atoms in total. The first-order chi connectivity index (χ1) is 13.7. The molecule has 2 aliphatic rings. The first-order valence-electron chi connectivity index (χ1n) is 10.0. The Morgan fingerprint density at radius 3 is 2.38 bits per heavy atom. The number of nitrogens with zero attached hydrogens (tertiary/aromatic N) is 1. The molecule has 156 valence electrons. The topological polar surface area (TPSA) is 71.5 Å². The minimum atomic E-state index is -3.57. The fraction of sp³-hybridized carbons (Fsp3) is 0.455. The first-order valence-corrected chi connectivity index (χ1v) is 13.8. The van der Waals surface area contributed by atoms with E-state index < -0.39 is 19.7 Å². The number of fused-ring (bicyclic) bond motifs is 1. The molecule has 1 heterocycles. The van der Waals surface area contributed by atoms with E-state index in [0.29, 0.717) is 11.6 Å². The molecule has 4 rings (SSSR count). The summed E-state index contributed by atoms with van der Waals surface area (Å²) in [5.41, 5.74) is 3.40. The van der Waals surface area contributed by atoms with Crippen LogP contribution in [0, 0.1) is 0 Å². The standard InChI is InChI=1S/C22H27NO4S2/c1-28(24,25)17-12-13-21(22(15-17)29(2,26)27)23-14-6-11-20(23)19-10-5-8-16-7-3-4-9-18(16)19/h3-4,7,9,12-13,15,19-20H,5-6,8,10-11,14H2,1-2H3/t19-,20+/m1/s1. The third-order valence-corrected chi connectivity index (χ3v) is 8.48. The number of benzene rings is 2. The highest BCUT2D eigenvalue weighted by Crippen LogP contribution is 2.43. The van der Waals surface area contributed by atoms with Crippen LogP contribution in [0.2, 0.25) is 0 Å². The summed E-state index contributed by atoms with van der Waals surface area (Å²) in [4.78, 5) is 2.35. The highest BCUT2D eigenvalue weighted by atomic mass is 32.2. The zero-order valence-corrected chi connectivity index (χ0v) is 18.5. The summed E-state index contributed by atoms with van der Waals surface area (Å²) in [5, 5.41) is 0. The van der Waals surface area contributed by atoms with Crippen LogP contribution in [-0.4, -0.2) is 41.9 Å². The maximum atomic E-state index is 12.5. The minimum Gasteiger partial charge on any atom is -0.367 e. The lowest BCUT2D eigenvalue weighted by Crippen LogP contribution is -2.36. The smallest absolute Gasteiger partial charge is 0.177 e. The van der Waals surface area contributed by atoms with Crippen molar-refractivity contribution in [1.82, 2.24) is 0 Å². The van der Waals surface area contributed by atoms with Crippen LogP contribution in [0.15, 0.2) is 52.3 Å². The van der Waals surface area contributed by atoms with E-state index >= 15 is 0 Å². The number of aryl methyl sites for hydroxylation is 1. The van der Waals surface area contributed by atoms with Gasteiger partial charge < -0.3 is 4.90 Å². The Morgan fingerprint density at radius 2 is 1.66 bits per heavy atom. The Kier molecular flexibility index (Phi) is 5.23. The van der Waals surface area contributed by atoms with Gasteiger partial charge in [-0.15, -0.1) is 0 Å². The predicted molar refractivity (Wildman–Crippen MR) is 115 cm³/mol. The van der Waals surface area contributed by atoms with Crippen molar-refractivity contribution in [1.29, 1.82) is 0 Å². The summed E-state index contributed by atoms with van der Waals surface area (Å²) < 4.78 is 49.1. The third-order valence-electron chi connectivity index (χ3n) is 6.25. The van der Waals surface area contributed by atoms with Crippen molar-refractivity contribution >= 4 is 25.4 Å². The molecular formula is C22H27NO4S2. The second kappa shape index (κ2) is 7.43. The summed E-state index contributed by atoms with van der Waals surface area (Å²) in [7, 11) is -7.06. The van der Waals surface area contributed by atoms with E-state index in [4.69, 9.17) is 0 Å². The molecule has 1 aliphatic carbocycles. The van der Waals surface area contributed by atoms with Gasteiger partial charge in [0.2, 0.25) is 0 Å². The molecule has 0 aromatic heterocycles. The van der Waals surface area contributed by atoms with Gasteiger partial charge in [0.25, 0.3) is 0 Å². The van der Waals surface area contributed by atoms with Crippen molar-refractivity contribution in [2.45, 2.75) is 53.9 Å². The molecule has 0 amide bonds. The molecule has 0 spiro atoms. The van der Waals surface area contributed by atoms with Crippen molar-refractivity contribution < 1.29 is 16.8 Å². The van der Waals surface area contributed by atoms with Gasteiger partial charge in [0.15, 0.2) is 19.7 Å². The molecule has 0 bridgehead atoms. The highest BCUT2D eigenvalue weighted by molar-refractivity contribution is 7.91. The molecule has 1 aliphatic heterocycles. The molecule has 29 heavy (non-hydrogen) atoms. The van der Waals surface area contributed by atoms with Crippen molar-refractivity contribution in [2.75, 3.05) is 24.0 Å². The van der Waals surface area contributed by atoms with Crippen LogP contribution in [0.1, 0.15) is 42.7 Å². The van der Waals surface area contributed by atoms with E-state index in [0.717, 1.165) is 51.2 Å². The van der Waals surface area contributed by atoms with Crippen LogP contribution < -0.4 is 4.90 Å². The van der Waals surface area contributed by atoms with Gasteiger partial charge in [-0.1, -0.05) is 24.3 Å². The van der Waals surface area contributed by atoms with E-state index in [-0.39, 0.29) is 15.8 Å². The van der Waals surface area contributed by atoms with Crippen molar-refractivity contribution in [3.05, 3.63) is 53.6 Å². The van der Waals surface area contributed by atoms with E-state index in [9.17, 15) is 16.8 Å². The van der Waals surface area contributed by atoms with Crippen LogP contribution in [0.4, 0.5) is 5.69 Å². The van der Waals surface area contributed by atoms with Crippen LogP contribution in [0.25, 0.3) is 0 Å². The number of hydrogen-bond acceptors (Lipinski definition) is 5. The molecule has 2 atom stereocenters. The summed E-state index contributed by atoms with van der Waals surface area (Å²) in [5.74, 6) is 0.365. The average Bonchev–Trinajstić information content (AvgIpc) is 3.15. The Labute approximate surface area is 173 Å². The lowest BCUT2D eigenvalue weighted by atomic mass is 9.78. The van der Waals surface area contributed by atoms with E-state index in [2.05, 4.69) is 29.2 Å². The quantitative estimate of drug-likeness (QED) is 0.737. The Hall–Kier alpha value is -1.86. The number of rotatable bonds is 4. The Balaban J connectivity index is 1.79. The molecule has 2 aromatic rings. The van der Waals surface area contributed by atoms with Gasteiger partial charge in [0.1, 0.15) is 0 Å². The lowest BCUT2D eigenvalue weighted by Gasteiger charge is -2.37. The second-order valence-electron chi connectivity index (χ2n) is 8.27. The van der Waals surface area contributed by atoms with Crippen LogP contribution in [-0.2, 0) is 26.1 Å². The maximum absolute atomic E-state index is 12.5. The molecule has 7 heteroatoms. The summed E-state index contributed by atoms with van der Waals surface area (Å²) in [6.45, 7) is 0.782. The third kappa shape index (κ3) is 3.94. The van der Waals surface area contributed by atoms with E-state index in [1.807, 2.05) is 0 Å². The fourth-order valence-corrected chi connectivity index (χ4v) is 6.59. The van der Waals surface area contributed by atoms with Crippen molar-refractivity contribution in [2.24, 2.45) is 0 Å². The van der Waals surface area contributed by atoms with Gasteiger partial charge in [0.05, 0.1) is 15.5 Å². The van der Waals surface area contributed by atoms with Crippen LogP contribution in [0.3, 0.4) is 0 Å². The monoisotopic (exact) mass is 433 g/mol. The highest BCUT2D eigenvalue weighted by Gasteiger charge is 2.36. The summed E-state index contributed by atoms with van der Waals surface area (Å²) >= 11 is 0.